The number of benzene rings is 1. The van der Waals surface area contributed by atoms with Crippen LogP contribution in [0.15, 0.2) is 30.3 Å². The van der Waals surface area contributed by atoms with Gasteiger partial charge in [-0.1, -0.05) is 30.3 Å². The lowest BCUT2D eigenvalue weighted by Crippen LogP contribution is -2.29. The lowest BCUT2D eigenvalue weighted by molar-refractivity contribution is 0.0209. The number of hydrogen-bond acceptors (Lipinski definition) is 5. The number of nitrogens with zero attached hydrogens (tertiary/aromatic N) is 5. The molecule has 0 amide bonds. The van der Waals surface area contributed by atoms with Crippen molar-refractivity contribution in [3.63, 3.8) is 0 Å². The maximum Gasteiger partial charge on any atom is 0.188 e. The lowest BCUT2D eigenvalue weighted by Gasteiger charge is -2.27. The molecule has 3 rings (SSSR count). The summed E-state index contributed by atoms with van der Waals surface area (Å²) < 4.78 is 0. The molecule has 1 fully saturated rings. The highest BCUT2D eigenvalue weighted by atomic mass is 16.3. The molecule has 112 valence electrons. The average Bonchev–Trinajstić information content (AvgIpc) is 2.80. The van der Waals surface area contributed by atoms with Gasteiger partial charge in [-0.2, -0.15) is 4.80 Å². The number of rotatable bonds is 3. The highest BCUT2D eigenvalue weighted by molar-refractivity contribution is 5.22. The van der Waals surface area contributed by atoms with Gasteiger partial charge in [-0.25, -0.2) is 0 Å². The number of likely N-dealkylation sites (tertiary alicyclic amines) is 1. The number of aryl methyl sites for hydroxylation is 1. The number of aromatic nitrogens is 4. The third-order valence-corrected chi connectivity index (χ3v) is 4.13. The van der Waals surface area contributed by atoms with Crippen molar-refractivity contribution in [1.29, 1.82) is 0 Å². The molecule has 0 radical (unpaired) electrons. The minimum Gasteiger partial charge on any atom is -0.385 e. The predicted octanol–water partition coefficient (Wildman–Crippen LogP) is 1.08. The van der Waals surface area contributed by atoms with Crippen LogP contribution in [0.1, 0.15) is 30.7 Å². The summed E-state index contributed by atoms with van der Waals surface area (Å²) in [5.74, 6) is 0.739. The van der Waals surface area contributed by atoms with E-state index in [1.807, 2.05) is 30.3 Å². The number of hydrogen-bond donors (Lipinski definition) is 1. The molecule has 0 spiro atoms. The molecule has 1 aromatic carbocycles. The molecule has 6 nitrogen and oxygen atoms in total. The van der Waals surface area contributed by atoms with E-state index in [1.54, 1.807) is 7.05 Å². The molecule has 0 saturated carbocycles. The van der Waals surface area contributed by atoms with Crippen LogP contribution in [0, 0.1) is 0 Å². The zero-order valence-corrected chi connectivity index (χ0v) is 12.3. The Morgan fingerprint density at radius 3 is 2.71 bits per heavy atom. The van der Waals surface area contributed by atoms with Gasteiger partial charge >= 0.3 is 0 Å². The van der Waals surface area contributed by atoms with Crippen LogP contribution >= 0.6 is 0 Å². The molecule has 0 aliphatic carbocycles. The molecule has 1 atom stereocenters. The van der Waals surface area contributed by atoms with Gasteiger partial charge in [-0.3, -0.25) is 4.90 Å². The summed E-state index contributed by atoms with van der Waals surface area (Å²) in [6.45, 7) is 2.48. The first-order valence-electron chi connectivity index (χ1n) is 7.39. The summed E-state index contributed by atoms with van der Waals surface area (Å²) in [4.78, 5) is 3.77. The second-order valence-corrected chi connectivity index (χ2v) is 5.72. The van der Waals surface area contributed by atoms with Gasteiger partial charge in [0.15, 0.2) is 5.82 Å². The molecule has 1 aliphatic heterocycles. The molecular formula is C15H21N5O. The van der Waals surface area contributed by atoms with E-state index in [-0.39, 0.29) is 0 Å². The van der Waals surface area contributed by atoms with Crippen molar-refractivity contribution in [1.82, 2.24) is 25.1 Å². The quantitative estimate of drug-likeness (QED) is 0.915. The first-order valence-corrected chi connectivity index (χ1v) is 7.39. The monoisotopic (exact) mass is 287 g/mol. The number of aliphatic hydroxyl groups is 1. The van der Waals surface area contributed by atoms with Gasteiger partial charge in [-0.15, -0.1) is 10.2 Å². The molecule has 6 heteroatoms. The molecule has 1 N–H and O–H groups in total. The summed E-state index contributed by atoms with van der Waals surface area (Å²) in [6.07, 6.45) is 2.49. The van der Waals surface area contributed by atoms with Crippen molar-refractivity contribution in [3.8, 4) is 0 Å². The Labute approximate surface area is 124 Å². The first-order chi connectivity index (χ1) is 10.2. The molecule has 21 heavy (non-hydrogen) atoms. The summed E-state index contributed by atoms with van der Waals surface area (Å²) in [5, 5.41) is 23.1. The Kier molecular flexibility index (Phi) is 3.98. The van der Waals surface area contributed by atoms with Crippen LogP contribution in [-0.4, -0.2) is 43.3 Å². The molecule has 1 aromatic heterocycles. The van der Waals surface area contributed by atoms with Crippen LogP contribution in [-0.2, 0) is 19.2 Å². The van der Waals surface area contributed by atoms with Crippen molar-refractivity contribution >= 4 is 0 Å². The summed E-state index contributed by atoms with van der Waals surface area (Å²) >= 11 is 0. The lowest BCUT2D eigenvalue weighted by atomic mass is 9.87. The van der Waals surface area contributed by atoms with Crippen molar-refractivity contribution < 1.29 is 5.11 Å². The van der Waals surface area contributed by atoms with E-state index < -0.39 is 5.60 Å². The van der Waals surface area contributed by atoms with Crippen molar-refractivity contribution in [2.45, 2.75) is 31.4 Å². The first kappa shape index (κ1) is 14.2. The van der Waals surface area contributed by atoms with Crippen molar-refractivity contribution in [3.05, 3.63) is 41.7 Å². The minimum absolute atomic E-state index is 0.693. The van der Waals surface area contributed by atoms with Gasteiger partial charge in [0.05, 0.1) is 19.2 Å². The standard InChI is InChI=1S/C15H21N5O/c1-19-17-14(16-18-19)12-20-10-5-8-15(21,9-11-20)13-6-3-2-4-7-13/h2-4,6-7,21H,5,8-12H2,1H3. The molecule has 1 saturated heterocycles. The molecule has 2 heterocycles. The summed E-state index contributed by atoms with van der Waals surface area (Å²) in [7, 11) is 1.77. The SMILES string of the molecule is Cn1nnc(CN2CCCC(O)(c3ccccc3)CC2)n1. The van der Waals surface area contributed by atoms with Crippen molar-refractivity contribution in [2.75, 3.05) is 13.1 Å². The van der Waals surface area contributed by atoms with Gasteiger partial charge in [0.1, 0.15) is 0 Å². The van der Waals surface area contributed by atoms with E-state index in [0.29, 0.717) is 6.54 Å². The maximum atomic E-state index is 10.9. The Morgan fingerprint density at radius 2 is 2.00 bits per heavy atom. The molecule has 1 unspecified atom stereocenters. The van der Waals surface area contributed by atoms with E-state index in [9.17, 15) is 5.11 Å². The van der Waals surface area contributed by atoms with Crippen LogP contribution < -0.4 is 0 Å². The Morgan fingerprint density at radius 1 is 1.19 bits per heavy atom. The highest BCUT2D eigenvalue weighted by Gasteiger charge is 2.31. The second-order valence-electron chi connectivity index (χ2n) is 5.72. The fourth-order valence-electron chi connectivity index (χ4n) is 2.96. The van der Waals surface area contributed by atoms with E-state index in [4.69, 9.17) is 0 Å². The Hall–Kier alpha value is -1.79. The maximum absolute atomic E-state index is 10.9. The van der Waals surface area contributed by atoms with Gasteiger partial charge in [0, 0.05) is 6.54 Å². The third kappa shape index (κ3) is 3.28. The fraction of sp³-hybridized carbons (Fsp3) is 0.533. The van der Waals surface area contributed by atoms with Crippen LogP contribution in [0.4, 0.5) is 0 Å². The highest BCUT2D eigenvalue weighted by Crippen LogP contribution is 2.32. The molecule has 1 aliphatic rings. The van der Waals surface area contributed by atoms with E-state index in [2.05, 4.69) is 20.3 Å². The van der Waals surface area contributed by atoms with Gasteiger partial charge < -0.3 is 5.11 Å². The fourth-order valence-corrected chi connectivity index (χ4v) is 2.96. The Bertz CT molecular complexity index is 585. The van der Waals surface area contributed by atoms with Gasteiger partial charge in [0.2, 0.25) is 0 Å². The van der Waals surface area contributed by atoms with E-state index in [0.717, 1.165) is 43.7 Å². The zero-order valence-electron chi connectivity index (χ0n) is 12.3. The largest absolute Gasteiger partial charge is 0.385 e. The second kappa shape index (κ2) is 5.91. The minimum atomic E-state index is -0.716. The average molecular weight is 287 g/mol. The summed E-state index contributed by atoms with van der Waals surface area (Å²) in [6, 6.07) is 9.98. The van der Waals surface area contributed by atoms with E-state index in [1.165, 1.54) is 4.80 Å². The normalized spacial score (nSPS) is 23.9. The van der Waals surface area contributed by atoms with Crippen LogP contribution in [0.3, 0.4) is 0 Å². The molecule has 2 aromatic rings. The topological polar surface area (TPSA) is 67.1 Å². The van der Waals surface area contributed by atoms with Crippen LogP contribution in [0.5, 0.6) is 0 Å². The van der Waals surface area contributed by atoms with Crippen LogP contribution in [0.25, 0.3) is 0 Å². The molecular weight excluding hydrogens is 266 g/mol. The summed E-state index contributed by atoms with van der Waals surface area (Å²) in [5.41, 5.74) is 0.302. The van der Waals surface area contributed by atoms with Gasteiger partial charge in [-0.05, 0) is 36.6 Å². The number of tetrazole rings is 1. The van der Waals surface area contributed by atoms with Crippen molar-refractivity contribution in [2.24, 2.45) is 7.05 Å². The predicted molar refractivity (Wildman–Crippen MR) is 78.3 cm³/mol. The smallest absolute Gasteiger partial charge is 0.188 e. The Balaban J connectivity index is 1.66. The molecule has 0 bridgehead atoms. The third-order valence-electron chi connectivity index (χ3n) is 4.13. The van der Waals surface area contributed by atoms with E-state index >= 15 is 0 Å². The van der Waals surface area contributed by atoms with Gasteiger partial charge in [0.25, 0.3) is 0 Å². The van der Waals surface area contributed by atoms with Crippen LogP contribution in [0.2, 0.25) is 0 Å². The zero-order chi connectivity index (χ0) is 14.7.